The number of rotatable bonds is 8. The van der Waals surface area contributed by atoms with Crippen molar-refractivity contribution in [2.75, 3.05) is 6.54 Å². The minimum absolute atomic E-state index is 0.0752. The van der Waals surface area contributed by atoms with Crippen LogP contribution in [-0.2, 0) is 16.1 Å². The molecule has 1 aromatic heterocycles. The highest BCUT2D eigenvalue weighted by molar-refractivity contribution is 5.89. The first-order chi connectivity index (χ1) is 10.3. The molecule has 1 rings (SSSR count). The summed E-state index contributed by atoms with van der Waals surface area (Å²) in [7, 11) is 0. The standard InChI is InChI=1S/C15H22N2O5/c1-9(2)4-5-13(18)17-8-14(19)16-7-11-6-12(15(20)21)10(3)22-11/h6,9H,4-5,7-8H2,1-3H3,(H,16,19)(H,17,18)(H,20,21). The monoisotopic (exact) mass is 310 g/mol. The Hall–Kier alpha value is -2.31. The first kappa shape index (κ1) is 17.7. The van der Waals surface area contributed by atoms with E-state index in [0.717, 1.165) is 6.42 Å². The van der Waals surface area contributed by atoms with E-state index in [1.807, 2.05) is 13.8 Å². The molecule has 2 amide bonds. The van der Waals surface area contributed by atoms with Crippen LogP contribution < -0.4 is 10.6 Å². The van der Waals surface area contributed by atoms with Crippen molar-refractivity contribution in [3.05, 3.63) is 23.2 Å². The van der Waals surface area contributed by atoms with E-state index in [2.05, 4.69) is 10.6 Å². The number of amides is 2. The van der Waals surface area contributed by atoms with E-state index >= 15 is 0 Å². The van der Waals surface area contributed by atoms with Gasteiger partial charge in [0.25, 0.3) is 0 Å². The molecule has 3 N–H and O–H groups in total. The van der Waals surface area contributed by atoms with Crippen LogP contribution in [0, 0.1) is 12.8 Å². The fourth-order valence-corrected chi connectivity index (χ4v) is 1.78. The first-order valence-electron chi connectivity index (χ1n) is 7.15. The Morgan fingerprint density at radius 1 is 1.23 bits per heavy atom. The summed E-state index contributed by atoms with van der Waals surface area (Å²) in [6.45, 7) is 5.56. The molecule has 0 bridgehead atoms. The van der Waals surface area contributed by atoms with Crippen molar-refractivity contribution in [3.8, 4) is 0 Å². The second-order valence-corrected chi connectivity index (χ2v) is 5.47. The van der Waals surface area contributed by atoms with Crippen LogP contribution in [0.1, 0.15) is 48.6 Å². The molecule has 122 valence electrons. The van der Waals surface area contributed by atoms with Gasteiger partial charge < -0.3 is 20.2 Å². The molecular weight excluding hydrogens is 288 g/mol. The summed E-state index contributed by atoms with van der Waals surface area (Å²) in [6, 6.07) is 1.37. The molecule has 7 nitrogen and oxygen atoms in total. The molecule has 0 fully saturated rings. The van der Waals surface area contributed by atoms with E-state index in [1.165, 1.54) is 6.07 Å². The fraction of sp³-hybridized carbons (Fsp3) is 0.533. The summed E-state index contributed by atoms with van der Waals surface area (Å²) in [5.74, 6) is -0.510. The Morgan fingerprint density at radius 2 is 1.91 bits per heavy atom. The van der Waals surface area contributed by atoms with Crippen LogP contribution in [-0.4, -0.2) is 29.4 Å². The Bertz CT molecular complexity index is 548. The minimum atomic E-state index is -1.07. The van der Waals surface area contributed by atoms with Crippen LogP contribution in [0.2, 0.25) is 0 Å². The molecule has 0 spiro atoms. The third-order valence-corrected chi connectivity index (χ3v) is 3.05. The normalized spacial score (nSPS) is 10.5. The maximum absolute atomic E-state index is 11.6. The molecule has 0 atom stereocenters. The average molecular weight is 310 g/mol. The topological polar surface area (TPSA) is 109 Å². The number of furan rings is 1. The smallest absolute Gasteiger partial charge is 0.339 e. The van der Waals surface area contributed by atoms with Crippen molar-refractivity contribution in [2.24, 2.45) is 5.92 Å². The quantitative estimate of drug-likeness (QED) is 0.673. The lowest BCUT2D eigenvalue weighted by molar-refractivity contribution is -0.126. The Balaban J connectivity index is 2.33. The third kappa shape index (κ3) is 5.99. The zero-order valence-electron chi connectivity index (χ0n) is 13.1. The van der Waals surface area contributed by atoms with Gasteiger partial charge in [-0.3, -0.25) is 9.59 Å². The highest BCUT2D eigenvalue weighted by atomic mass is 16.4. The van der Waals surface area contributed by atoms with Gasteiger partial charge in [-0.05, 0) is 25.3 Å². The lowest BCUT2D eigenvalue weighted by Gasteiger charge is -2.07. The van der Waals surface area contributed by atoms with E-state index in [9.17, 15) is 14.4 Å². The molecule has 0 saturated carbocycles. The van der Waals surface area contributed by atoms with Gasteiger partial charge in [0.1, 0.15) is 17.1 Å². The van der Waals surface area contributed by atoms with Crippen molar-refractivity contribution in [1.29, 1.82) is 0 Å². The lowest BCUT2D eigenvalue weighted by Crippen LogP contribution is -2.36. The summed E-state index contributed by atoms with van der Waals surface area (Å²) < 4.78 is 5.23. The fourth-order valence-electron chi connectivity index (χ4n) is 1.78. The van der Waals surface area contributed by atoms with E-state index in [-0.39, 0.29) is 30.5 Å². The number of aryl methyl sites for hydroxylation is 1. The number of nitrogens with one attached hydrogen (secondary N) is 2. The molecule has 22 heavy (non-hydrogen) atoms. The van der Waals surface area contributed by atoms with Gasteiger partial charge in [0.2, 0.25) is 11.8 Å². The highest BCUT2D eigenvalue weighted by Gasteiger charge is 2.14. The number of hydrogen-bond acceptors (Lipinski definition) is 4. The minimum Gasteiger partial charge on any atom is -0.478 e. The van der Waals surface area contributed by atoms with Crippen LogP contribution in [0.4, 0.5) is 0 Å². The van der Waals surface area contributed by atoms with Gasteiger partial charge in [-0.15, -0.1) is 0 Å². The van der Waals surface area contributed by atoms with Gasteiger partial charge in [0.05, 0.1) is 13.1 Å². The van der Waals surface area contributed by atoms with Crippen LogP contribution in [0.3, 0.4) is 0 Å². The van der Waals surface area contributed by atoms with E-state index in [0.29, 0.717) is 23.9 Å². The second-order valence-electron chi connectivity index (χ2n) is 5.47. The van der Waals surface area contributed by atoms with Crippen molar-refractivity contribution in [1.82, 2.24) is 10.6 Å². The molecule has 0 aromatic carbocycles. The van der Waals surface area contributed by atoms with Gasteiger partial charge in [-0.1, -0.05) is 13.8 Å². The molecule has 0 unspecified atom stereocenters. The molecule has 0 aliphatic heterocycles. The van der Waals surface area contributed by atoms with Gasteiger partial charge in [0, 0.05) is 6.42 Å². The van der Waals surface area contributed by atoms with Crippen molar-refractivity contribution in [3.63, 3.8) is 0 Å². The zero-order chi connectivity index (χ0) is 16.7. The van der Waals surface area contributed by atoms with Gasteiger partial charge in [0.15, 0.2) is 0 Å². The SMILES string of the molecule is Cc1oc(CNC(=O)CNC(=O)CCC(C)C)cc1C(=O)O. The van der Waals surface area contributed by atoms with Crippen molar-refractivity contribution < 1.29 is 23.9 Å². The van der Waals surface area contributed by atoms with Crippen molar-refractivity contribution in [2.45, 2.75) is 40.2 Å². The van der Waals surface area contributed by atoms with E-state index in [1.54, 1.807) is 6.92 Å². The Kier molecular flexibility index (Phi) is 6.62. The predicted molar refractivity (Wildman–Crippen MR) is 79.3 cm³/mol. The number of aromatic carboxylic acids is 1. The summed E-state index contributed by atoms with van der Waals surface area (Å²) in [5, 5.41) is 14.0. The second kappa shape index (κ2) is 8.21. The number of carboxylic acid groups (broad SMARTS) is 1. The lowest BCUT2D eigenvalue weighted by atomic mass is 10.1. The number of carboxylic acids is 1. The van der Waals surface area contributed by atoms with Gasteiger partial charge in [-0.25, -0.2) is 4.79 Å². The number of carbonyl (C=O) groups excluding carboxylic acids is 2. The van der Waals surface area contributed by atoms with Crippen LogP contribution in [0.15, 0.2) is 10.5 Å². The molecular formula is C15H22N2O5. The van der Waals surface area contributed by atoms with Gasteiger partial charge in [-0.2, -0.15) is 0 Å². The van der Waals surface area contributed by atoms with Gasteiger partial charge >= 0.3 is 5.97 Å². The molecule has 1 aromatic rings. The highest BCUT2D eigenvalue weighted by Crippen LogP contribution is 2.14. The molecule has 0 radical (unpaired) electrons. The average Bonchev–Trinajstić information content (AvgIpc) is 2.82. The number of hydrogen-bond donors (Lipinski definition) is 3. The maximum Gasteiger partial charge on any atom is 0.339 e. The third-order valence-electron chi connectivity index (χ3n) is 3.05. The molecule has 0 aliphatic carbocycles. The molecule has 1 heterocycles. The zero-order valence-corrected chi connectivity index (χ0v) is 13.1. The van der Waals surface area contributed by atoms with Crippen molar-refractivity contribution >= 4 is 17.8 Å². The predicted octanol–water partition coefficient (Wildman–Crippen LogP) is 1.45. The molecule has 0 saturated heterocycles. The molecule has 0 aliphatic rings. The maximum atomic E-state index is 11.6. The summed E-state index contributed by atoms with van der Waals surface area (Å²) >= 11 is 0. The first-order valence-corrected chi connectivity index (χ1v) is 7.15. The Morgan fingerprint density at radius 3 is 2.45 bits per heavy atom. The summed E-state index contributed by atoms with van der Waals surface area (Å²) in [5.41, 5.74) is 0.0752. The summed E-state index contributed by atoms with van der Waals surface area (Å²) in [6.07, 6.45) is 1.17. The van der Waals surface area contributed by atoms with E-state index < -0.39 is 5.97 Å². The molecule has 7 heteroatoms. The summed E-state index contributed by atoms with van der Waals surface area (Å²) in [4.78, 5) is 33.9. The largest absolute Gasteiger partial charge is 0.478 e. The van der Waals surface area contributed by atoms with E-state index in [4.69, 9.17) is 9.52 Å². The van der Waals surface area contributed by atoms with Crippen LogP contribution >= 0.6 is 0 Å². The van der Waals surface area contributed by atoms with Crippen LogP contribution in [0.25, 0.3) is 0 Å². The number of carbonyl (C=O) groups is 3. The van der Waals surface area contributed by atoms with Crippen LogP contribution in [0.5, 0.6) is 0 Å². The Labute approximate surface area is 129 Å².